The van der Waals surface area contributed by atoms with E-state index in [-0.39, 0.29) is 6.54 Å². The quantitative estimate of drug-likeness (QED) is 0.577. The van der Waals surface area contributed by atoms with Gasteiger partial charge in [0, 0.05) is 18.4 Å². The molecule has 0 saturated carbocycles. The number of benzene rings is 1. The molecule has 0 spiro atoms. The van der Waals surface area contributed by atoms with E-state index in [9.17, 15) is 14.7 Å². The van der Waals surface area contributed by atoms with Crippen LogP contribution in [0.5, 0.6) is 0 Å². The van der Waals surface area contributed by atoms with Crippen LogP contribution in [-0.2, 0) is 0 Å². The van der Waals surface area contributed by atoms with Crippen LogP contribution in [0.15, 0.2) is 30.0 Å². The van der Waals surface area contributed by atoms with Gasteiger partial charge < -0.3 is 26.4 Å². The number of aliphatic hydroxyl groups excluding tert-OH is 1. The number of halogens is 2. The van der Waals surface area contributed by atoms with Gasteiger partial charge in [-0.1, -0.05) is 23.2 Å². The second kappa shape index (κ2) is 7.35. The highest BCUT2D eigenvalue weighted by atomic mass is 35.5. The van der Waals surface area contributed by atoms with E-state index in [1.807, 2.05) is 0 Å². The summed E-state index contributed by atoms with van der Waals surface area (Å²) in [5.41, 5.74) is 1.08. The smallest absolute Gasteiger partial charge is 0.321 e. The van der Waals surface area contributed by atoms with Crippen LogP contribution in [0.25, 0.3) is 0 Å². The topological polar surface area (TPSA) is 102 Å². The van der Waals surface area contributed by atoms with Crippen molar-refractivity contribution in [1.82, 2.24) is 16.0 Å². The molecule has 1 aromatic carbocycles. The Hall–Kier alpha value is -1.96. The highest BCUT2D eigenvalue weighted by Crippen LogP contribution is 2.24. The van der Waals surface area contributed by atoms with E-state index < -0.39 is 18.3 Å². The van der Waals surface area contributed by atoms with Crippen LogP contribution in [-0.4, -0.2) is 29.9 Å². The molecule has 0 saturated heterocycles. The predicted molar refractivity (Wildman–Crippen MR) is 83.9 cm³/mol. The fraction of sp³-hybridized carbons (Fsp3) is 0.231. The zero-order valence-electron chi connectivity index (χ0n) is 11.3. The number of amides is 4. The third kappa shape index (κ3) is 4.52. The summed E-state index contributed by atoms with van der Waals surface area (Å²) < 4.78 is 0. The van der Waals surface area contributed by atoms with Crippen LogP contribution < -0.4 is 21.3 Å². The van der Waals surface area contributed by atoms with E-state index in [2.05, 4.69) is 21.3 Å². The Morgan fingerprint density at radius 2 is 2.09 bits per heavy atom. The van der Waals surface area contributed by atoms with Crippen molar-refractivity contribution in [3.05, 3.63) is 40.0 Å². The molecule has 0 bridgehead atoms. The molecule has 1 aliphatic rings. The molecule has 9 heteroatoms. The number of hydrogen-bond acceptors (Lipinski definition) is 3. The Morgan fingerprint density at radius 1 is 1.32 bits per heavy atom. The summed E-state index contributed by atoms with van der Waals surface area (Å²) in [6, 6.07) is 3.86. The second-order valence-electron chi connectivity index (χ2n) is 4.50. The van der Waals surface area contributed by atoms with E-state index in [4.69, 9.17) is 23.2 Å². The summed E-state index contributed by atoms with van der Waals surface area (Å²) in [4.78, 5) is 22.6. The molecule has 4 amide bonds. The van der Waals surface area contributed by atoms with E-state index in [0.29, 0.717) is 27.7 Å². The summed E-state index contributed by atoms with van der Waals surface area (Å²) in [6.07, 6.45) is 0.749. The summed E-state index contributed by atoms with van der Waals surface area (Å²) in [7, 11) is 0. The minimum atomic E-state index is -1.05. The van der Waals surface area contributed by atoms with Gasteiger partial charge in [0.25, 0.3) is 0 Å². The molecule has 1 heterocycles. The van der Waals surface area contributed by atoms with E-state index in [1.165, 1.54) is 12.3 Å². The van der Waals surface area contributed by atoms with Gasteiger partial charge in [-0.05, 0) is 30.2 Å². The van der Waals surface area contributed by atoms with Crippen molar-refractivity contribution in [2.24, 2.45) is 0 Å². The third-order valence-corrected chi connectivity index (χ3v) is 3.62. The average molecular weight is 345 g/mol. The lowest BCUT2D eigenvalue weighted by Crippen LogP contribution is -2.46. The van der Waals surface area contributed by atoms with Crippen LogP contribution in [0.4, 0.5) is 15.3 Å². The van der Waals surface area contributed by atoms with Gasteiger partial charge in [-0.3, -0.25) is 0 Å². The van der Waals surface area contributed by atoms with Gasteiger partial charge in [-0.2, -0.15) is 0 Å². The van der Waals surface area contributed by atoms with Gasteiger partial charge in [0.15, 0.2) is 6.23 Å². The number of anilines is 1. The Labute approximate surface area is 136 Å². The third-order valence-electron chi connectivity index (χ3n) is 2.88. The highest BCUT2D eigenvalue weighted by Gasteiger charge is 2.18. The van der Waals surface area contributed by atoms with Crippen molar-refractivity contribution < 1.29 is 14.7 Å². The number of rotatable bonds is 4. The SMILES string of the molecule is O=C(NCCC1=CNC(=O)N[C@H]1O)Nc1ccc(Cl)c(Cl)c1. The Balaban J connectivity index is 1.78. The molecule has 5 N–H and O–H groups in total. The minimum Gasteiger partial charge on any atom is -0.370 e. The molecule has 0 radical (unpaired) electrons. The van der Waals surface area contributed by atoms with Crippen molar-refractivity contribution in [3.8, 4) is 0 Å². The van der Waals surface area contributed by atoms with Crippen LogP contribution >= 0.6 is 23.2 Å². The van der Waals surface area contributed by atoms with Crippen molar-refractivity contribution >= 4 is 41.0 Å². The van der Waals surface area contributed by atoms with Crippen molar-refractivity contribution in [3.63, 3.8) is 0 Å². The first-order valence-electron chi connectivity index (χ1n) is 6.39. The highest BCUT2D eigenvalue weighted by molar-refractivity contribution is 6.42. The first-order chi connectivity index (χ1) is 10.5. The summed E-state index contributed by atoms with van der Waals surface area (Å²) in [5, 5.41) is 20.3. The summed E-state index contributed by atoms with van der Waals surface area (Å²) in [6.45, 7) is 0.285. The molecule has 118 valence electrons. The first kappa shape index (κ1) is 16.4. The lowest BCUT2D eigenvalue weighted by atomic mass is 10.1. The molecule has 0 fully saturated rings. The van der Waals surface area contributed by atoms with Gasteiger partial charge in [-0.25, -0.2) is 9.59 Å². The number of hydrogen-bond donors (Lipinski definition) is 5. The largest absolute Gasteiger partial charge is 0.370 e. The monoisotopic (exact) mass is 344 g/mol. The van der Waals surface area contributed by atoms with Gasteiger partial charge >= 0.3 is 12.1 Å². The van der Waals surface area contributed by atoms with Crippen molar-refractivity contribution in [2.75, 3.05) is 11.9 Å². The Bertz CT molecular complexity index is 621. The normalized spacial score (nSPS) is 17.1. The van der Waals surface area contributed by atoms with Crippen LogP contribution in [0.1, 0.15) is 6.42 Å². The predicted octanol–water partition coefficient (Wildman–Crippen LogP) is 2.02. The molecule has 0 aliphatic carbocycles. The number of aliphatic hydroxyl groups is 1. The average Bonchev–Trinajstić information content (AvgIpc) is 2.45. The molecular formula is C13H14Cl2N4O3. The molecule has 0 aromatic heterocycles. The molecule has 1 atom stereocenters. The van der Waals surface area contributed by atoms with Crippen molar-refractivity contribution in [1.29, 1.82) is 0 Å². The number of urea groups is 2. The Kier molecular flexibility index (Phi) is 5.48. The number of carbonyl (C=O) groups is 2. The van der Waals surface area contributed by atoms with Gasteiger partial charge in [-0.15, -0.1) is 0 Å². The number of carbonyl (C=O) groups excluding carboxylic acids is 2. The van der Waals surface area contributed by atoms with Gasteiger partial charge in [0.05, 0.1) is 10.0 Å². The van der Waals surface area contributed by atoms with Crippen molar-refractivity contribution in [2.45, 2.75) is 12.6 Å². The molecule has 22 heavy (non-hydrogen) atoms. The second-order valence-corrected chi connectivity index (χ2v) is 5.31. The van der Waals surface area contributed by atoms with Crippen LogP contribution in [0, 0.1) is 0 Å². The van der Waals surface area contributed by atoms with Crippen LogP contribution in [0.2, 0.25) is 10.0 Å². The van der Waals surface area contributed by atoms with Gasteiger partial charge in [0.2, 0.25) is 0 Å². The van der Waals surface area contributed by atoms with E-state index in [1.54, 1.807) is 12.1 Å². The molecule has 1 aromatic rings. The lowest BCUT2D eigenvalue weighted by Gasteiger charge is -2.21. The van der Waals surface area contributed by atoms with E-state index in [0.717, 1.165) is 0 Å². The zero-order chi connectivity index (χ0) is 16.1. The maximum atomic E-state index is 11.7. The fourth-order valence-electron chi connectivity index (χ4n) is 1.77. The van der Waals surface area contributed by atoms with E-state index >= 15 is 0 Å². The lowest BCUT2D eigenvalue weighted by molar-refractivity contribution is 0.161. The van der Waals surface area contributed by atoms with Gasteiger partial charge in [0.1, 0.15) is 0 Å². The summed E-state index contributed by atoms with van der Waals surface area (Å²) in [5.74, 6) is 0. The minimum absolute atomic E-state index is 0.285. The summed E-state index contributed by atoms with van der Waals surface area (Å²) >= 11 is 11.6. The molecule has 0 unspecified atom stereocenters. The van der Waals surface area contributed by atoms with Crippen LogP contribution in [0.3, 0.4) is 0 Å². The zero-order valence-corrected chi connectivity index (χ0v) is 12.8. The molecule has 7 nitrogen and oxygen atoms in total. The molecule has 2 rings (SSSR count). The molecular weight excluding hydrogens is 331 g/mol. The number of nitrogens with one attached hydrogen (secondary N) is 4. The maximum absolute atomic E-state index is 11.7. The Morgan fingerprint density at radius 3 is 2.77 bits per heavy atom. The first-order valence-corrected chi connectivity index (χ1v) is 7.15. The fourth-order valence-corrected chi connectivity index (χ4v) is 2.07. The molecule has 1 aliphatic heterocycles. The maximum Gasteiger partial charge on any atom is 0.321 e. The standard InChI is InChI=1S/C13H14Cl2N4O3/c14-9-2-1-8(5-10(9)15)18-12(21)16-4-3-7-6-17-13(22)19-11(7)20/h1-2,5-6,11,20H,3-4H2,(H2,16,18,21)(H2,17,19,22)/t11-/m0/s1.